The third kappa shape index (κ3) is 2.83. The number of nitrogens with one attached hydrogen (secondary N) is 1. The summed E-state index contributed by atoms with van der Waals surface area (Å²) in [5, 5.41) is 4.66. The van der Waals surface area contributed by atoms with Gasteiger partial charge in [-0.3, -0.25) is 4.79 Å². The molecular weight excluding hydrogens is 400 g/mol. The van der Waals surface area contributed by atoms with Gasteiger partial charge < -0.3 is 19.7 Å². The minimum atomic E-state index is 0.00920. The van der Waals surface area contributed by atoms with Crippen LogP contribution >= 0.6 is 0 Å². The highest BCUT2D eigenvalue weighted by atomic mass is 16.2. The molecule has 1 N–H and O–H groups in total. The minimum absolute atomic E-state index is 0.00920. The first-order chi connectivity index (χ1) is 15.7. The molecule has 3 aromatic rings. The highest BCUT2D eigenvalue weighted by molar-refractivity contribution is 6.05. The van der Waals surface area contributed by atoms with Crippen LogP contribution in [0.4, 0.5) is 11.5 Å². The second kappa shape index (κ2) is 7.36. The maximum atomic E-state index is 12.2. The van der Waals surface area contributed by atoms with Gasteiger partial charge in [0, 0.05) is 62.6 Å². The number of likely N-dealkylation sites (tertiary alicyclic amines) is 1. The average molecular weight is 429 g/mol. The zero-order valence-corrected chi connectivity index (χ0v) is 18.5. The lowest BCUT2D eigenvalue weighted by molar-refractivity contribution is -0.125. The Bertz CT molecular complexity index is 1240. The monoisotopic (exact) mass is 428 g/mol. The van der Waals surface area contributed by atoms with E-state index in [0.29, 0.717) is 6.54 Å². The molecule has 7 nitrogen and oxygen atoms in total. The van der Waals surface area contributed by atoms with Crippen LogP contribution in [0.3, 0.4) is 0 Å². The summed E-state index contributed by atoms with van der Waals surface area (Å²) in [7, 11) is 2.09. The number of hydrogen-bond acceptors (Lipinski definition) is 5. The van der Waals surface area contributed by atoms with E-state index in [0.717, 1.165) is 49.5 Å². The van der Waals surface area contributed by atoms with Gasteiger partial charge in [0.15, 0.2) is 0 Å². The van der Waals surface area contributed by atoms with Crippen molar-refractivity contribution in [2.24, 2.45) is 7.05 Å². The lowest BCUT2D eigenvalue weighted by Gasteiger charge is -2.21. The maximum Gasteiger partial charge on any atom is 0.245 e. The molecule has 164 valence electrons. The summed E-state index contributed by atoms with van der Waals surface area (Å²) in [5.41, 5.74) is 7.26. The van der Waals surface area contributed by atoms with Crippen molar-refractivity contribution in [1.82, 2.24) is 19.4 Å². The molecule has 3 aliphatic heterocycles. The summed E-state index contributed by atoms with van der Waals surface area (Å²) < 4.78 is 2.22. The maximum absolute atomic E-state index is 12.2. The standard InChI is InChI=1S/C25H28N6O/c1-3-20(32)31-11-8-16(14-31)23-21-19-7-6-18(30-9-4-5-10-30)12-17(19)13-26-24-22(21)25(29(23)2)28-15-27-24/h3,6-7,12,15-16H,1,4-5,8-11,13-14H2,2H3,(H,26,27,28). The molecule has 32 heavy (non-hydrogen) atoms. The third-order valence-corrected chi connectivity index (χ3v) is 7.35. The van der Waals surface area contributed by atoms with Crippen molar-refractivity contribution in [3.8, 4) is 11.1 Å². The smallest absolute Gasteiger partial charge is 0.245 e. The summed E-state index contributed by atoms with van der Waals surface area (Å²) in [6, 6.07) is 6.90. The van der Waals surface area contributed by atoms with Gasteiger partial charge in [-0.1, -0.05) is 12.6 Å². The summed E-state index contributed by atoms with van der Waals surface area (Å²) in [6.45, 7) is 8.14. The van der Waals surface area contributed by atoms with E-state index in [1.54, 1.807) is 6.33 Å². The van der Waals surface area contributed by atoms with Gasteiger partial charge in [0.1, 0.15) is 17.8 Å². The van der Waals surface area contributed by atoms with Crippen molar-refractivity contribution in [3.05, 3.63) is 48.4 Å². The first kappa shape index (κ1) is 19.3. The zero-order valence-electron chi connectivity index (χ0n) is 18.5. The number of hydrogen-bond donors (Lipinski definition) is 1. The summed E-state index contributed by atoms with van der Waals surface area (Å²) in [4.78, 5) is 25.9. The Morgan fingerprint density at radius 2 is 2.06 bits per heavy atom. The van der Waals surface area contributed by atoms with E-state index >= 15 is 0 Å². The van der Waals surface area contributed by atoms with Crippen LogP contribution in [0, 0.1) is 0 Å². The predicted octanol–water partition coefficient (Wildman–Crippen LogP) is 3.66. The van der Waals surface area contributed by atoms with E-state index in [9.17, 15) is 4.79 Å². The normalized spacial score (nSPS) is 19.7. The molecule has 0 aliphatic carbocycles. The fraction of sp³-hybridized carbons (Fsp3) is 0.400. The number of fused-ring (bicyclic) bond motifs is 2. The predicted molar refractivity (Wildman–Crippen MR) is 127 cm³/mol. The molecule has 3 aliphatic rings. The van der Waals surface area contributed by atoms with E-state index in [4.69, 9.17) is 0 Å². The van der Waals surface area contributed by atoms with Crippen molar-refractivity contribution in [1.29, 1.82) is 0 Å². The minimum Gasteiger partial charge on any atom is -0.372 e. The van der Waals surface area contributed by atoms with Crippen molar-refractivity contribution in [2.75, 3.05) is 36.4 Å². The first-order valence-electron chi connectivity index (χ1n) is 11.5. The number of carbonyl (C=O) groups is 1. The van der Waals surface area contributed by atoms with E-state index in [2.05, 4.69) is 56.6 Å². The highest BCUT2D eigenvalue weighted by Crippen LogP contribution is 2.46. The molecular formula is C25H28N6O. The number of anilines is 2. The molecule has 2 fully saturated rings. The van der Waals surface area contributed by atoms with Crippen molar-refractivity contribution >= 4 is 28.4 Å². The first-order valence-corrected chi connectivity index (χ1v) is 11.5. The zero-order chi connectivity index (χ0) is 21.8. The number of benzene rings is 1. The largest absolute Gasteiger partial charge is 0.372 e. The Labute approximate surface area is 187 Å². The Morgan fingerprint density at radius 3 is 2.88 bits per heavy atom. The number of aromatic nitrogens is 3. The molecule has 0 bridgehead atoms. The van der Waals surface area contributed by atoms with Gasteiger partial charge >= 0.3 is 0 Å². The van der Waals surface area contributed by atoms with Gasteiger partial charge in [-0.2, -0.15) is 0 Å². The van der Waals surface area contributed by atoms with Crippen molar-refractivity contribution in [3.63, 3.8) is 0 Å². The van der Waals surface area contributed by atoms with Gasteiger partial charge in [0.05, 0.1) is 5.39 Å². The summed E-state index contributed by atoms with van der Waals surface area (Å²) in [5.74, 6) is 1.16. The quantitative estimate of drug-likeness (QED) is 0.645. The molecule has 5 heterocycles. The van der Waals surface area contributed by atoms with Crippen LogP contribution < -0.4 is 10.2 Å². The molecule has 1 atom stereocenters. The molecule has 0 spiro atoms. The fourth-order valence-electron chi connectivity index (χ4n) is 5.79. The Balaban J connectivity index is 1.52. The molecule has 0 radical (unpaired) electrons. The van der Waals surface area contributed by atoms with Gasteiger partial charge in [0.2, 0.25) is 5.91 Å². The van der Waals surface area contributed by atoms with Crippen LogP contribution in [0.15, 0.2) is 37.2 Å². The van der Waals surface area contributed by atoms with E-state index in [1.165, 1.54) is 47.0 Å². The molecule has 0 saturated carbocycles. The lowest BCUT2D eigenvalue weighted by atomic mass is 9.92. The second-order valence-electron chi connectivity index (χ2n) is 9.10. The topological polar surface area (TPSA) is 66.3 Å². The van der Waals surface area contributed by atoms with Crippen LogP contribution in [0.1, 0.15) is 36.4 Å². The average Bonchev–Trinajstić information content (AvgIpc) is 3.55. The Hall–Kier alpha value is -3.35. The number of amides is 1. The second-order valence-corrected chi connectivity index (χ2v) is 9.10. The number of aryl methyl sites for hydroxylation is 1. The highest BCUT2D eigenvalue weighted by Gasteiger charge is 2.34. The molecule has 2 saturated heterocycles. The molecule has 6 rings (SSSR count). The third-order valence-electron chi connectivity index (χ3n) is 7.35. The molecule has 1 amide bonds. The number of nitrogens with zero attached hydrogens (tertiary/aromatic N) is 5. The van der Waals surface area contributed by atoms with Crippen LogP contribution in [0.25, 0.3) is 22.2 Å². The summed E-state index contributed by atoms with van der Waals surface area (Å²) in [6.07, 6.45) is 6.53. The molecule has 1 aromatic carbocycles. The Kier molecular flexibility index (Phi) is 4.45. The molecule has 7 heteroatoms. The van der Waals surface area contributed by atoms with Crippen molar-refractivity contribution in [2.45, 2.75) is 31.7 Å². The van der Waals surface area contributed by atoms with E-state index < -0.39 is 0 Å². The van der Waals surface area contributed by atoms with Crippen LogP contribution in [0.5, 0.6) is 0 Å². The number of rotatable bonds is 3. The van der Waals surface area contributed by atoms with Crippen molar-refractivity contribution < 1.29 is 4.79 Å². The van der Waals surface area contributed by atoms with Crippen LogP contribution in [-0.2, 0) is 18.4 Å². The SMILES string of the molecule is C=CC(=O)N1CCC(c2c3c4c(ncnc4n2C)NCc2cc(N4CCCC4)ccc2-3)C1. The number of carbonyl (C=O) groups excluding carboxylic acids is 1. The fourth-order valence-corrected chi connectivity index (χ4v) is 5.79. The molecule has 2 aromatic heterocycles. The molecule has 1 unspecified atom stereocenters. The van der Waals surface area contributed by atoms with Gasteiger partial charge in [-0.25, -0.2) is 9.97 Å². The van der Waals surface area contributed by atoms with Crippen LogP contribution in [-0.4, -0.2) is 51.5 Å². The van der Waals surface area contributed by atoms with E-state index in [1.807, 2.05) is 4.90 Å². The van der Waals surface area contributed by atoms with Gasteiger partial charge in [-0.15, -0.1) is 0 Å². The van der Waals surface area contributed by atoms with Gasteiger partial charge in [0.25, 0.3) is 0 Å². The van der Waals surface area contributed by atoms with E-state index in [-0.39, 0.29) is 11.8 Å². The Morgan fingerprint density at radius 1 is 1.22 bits per heavy atom. The summed E-state index contributed by atoms with van der Waals surface area (Å²) >= 11 is 0. The van der Waals surface area contributed by atoms with Gasteiger partial charge in [-0.05, 0) is 48.6 Å². The lowest BCUT2D eigenvalue weighted by Crippen LogP contribution is -2.26. The van der Waals surface area contributed by atoms with Crippen LogP contribution in [0.2, 0.25) is 0 Å².